The van der Waals surface area contributed by atoms with Crippen LogP contribution in [0.4, 0.5) is 0 Å². The Labute approximate surface area is 174 Å². The number of amides is 1. The molecule has 0 N–H and O–H groups in total. The highest BCUT2D eigenvalue weighted by Crippen LogP contribution is 2.34. The van der Waals surface area contributed by atoms with Gasteiger partial charge in [0.05, 0.1) is 11.3 Å². The van der Waals surface area contributed by atoms with Gasteiger partial charge < -0.3 is 9.47 Å². The van der Waals surface area contributed by atoms with Gasteiger partial charge in [-0.15, -0.1) is 10.2 Å². The van der Waals surface area contributed by atoms with Crippen LogP contribution in [0.1, 0.15) is 39.0 Å². The van der Waals surface area contributed by atoms with Crippen molar-refractivity contribution >= 4 is 29.3 Å². The number of aromatic nitrogens is 3. The molecular weight excluding hydrogens is 394 g/mol. The molecule has 1 aromatic heterocycles. The summed E-state index contributed by atoms with van der Waals surface area (Å²) in [4.78, 5) is 14.7. The molecular formula is C20H24ClN5OS. The van der Waals surface area contributed by atoms with Gasteiger partial charge in [-0.1, -0.05) is 42.6 Å². The molecule has 3 rings (SSSR count). The van der Waals surface area contributed by atoms with Crippen molar-refractivity contribution in [2.75, 3.05) is 7.05 Å². The van der Waals surface area contributed by atoms with E-state index in [4.69, 9.17) is 11.6 Å². The first-order chi connectivity index (χ1) is 13.4. The van der Waals surface area contributed by atoms with Crippen molar-refractivity contribution in [3.8, 4) is 17.5 Å². The van der Waals surface area contributed by atoms with Crippen molar-refractivity contribution in [2.45, 2.75) is 55.0 Å². The van der Waals surface area contributed by atoms with E-state index in [-0.39, 0.29) is 11.2 Å². The molecule has 148 valence electrons. The van der Waals surface area contributed by atoms with Crippen molar-refractivity contribution in [3.05, 3.63) is 29.3 Å². The van der Waals surface area contributed by atoms with Gasteiger partial charge in [-0.2, -0.15) is 5.26 Å². The molecule has 1 saturated carbocycles. The quantitative estimate of drug-likeness (QED) is 0.678. The highest BCUT2D eigenvalue weighted by atomic mass is 35.5. The van der Waals surface area contributed by atoms with E-state index in [0.717, 1.165) is 37.7 Å². The van der Waals surface area contributed by atoms with Crippen LogP contribution in [0, 0.1) is 11.3 Å². The molecule has 1 aliphatic carbocycles. The molecule has 6 nitrogen and oxygen atoms in total. The maximum absolute atomic E-state index is 13.0. The molecule has 2 aromatic rings. The summed E-state index contributed by atoms with van der Waals surface area (Å²) in [6.07, 6.45) is 4.59. The molecule has 0 aliphatic heterocycles. The first-order valence-corrected chi connectivity index (χ1v) is 10.6. The molecule has 0 bridgehead atoms. The molecule has 1 amide bonds. The number of carbonyl (C=O) groups is 1. The molecule has 8 heteroatoms. The Hall–Kier alpha value is -2.04. The van der Waals surface area contributed by atoms with Gasteiger partial charge in [0.2, 0.25) is 5.91 Å². The van der Waals surface area contributed by atoms with E-state index in [2.05, 4.69) is 16.3 Å². The summed E-state index contributed by atoms with van der Waals surface area (Å²) in [6, 6.07) is 9.81. The highest BCUT2D eigenvalue weighted by molar-refractivity contribution is 8.00. The summed E-state index contributed by atoms with van der Waals surface area (Å²) < 4.78 is 1.87. The van der Waals surface area contributed by atoms with Gasteiger partial charge >= 0.3 is 0 Å². The lowest BCUT2D eigenvalue weighted by Crippen LogP contribution is -2.52. The summed E-state index contributed by atoms with van der Waals surface area (Å²) in [6.45, 7) is 1.86. The number of thioether (sulfide) groups is 1. The SMILES string of the molecule is C[C@H](Sc1nnc(-c2ccc(Cl)cc2)n1C)C(=O)N(C)C1(C#N)CCCCC1. The minimum absolute atomic E-state index is 0.0514. The maximum atomic E-state index is 13.0. The van der Waals surface area contributed by atoms with Crippen LogP contribution in [0.5, 0.6) is 0 Å². The Balaban J connectivity index is 1.74. The zero-order valence-corrected chi connectivity index (χ0v) is 17.9. The molecule has 0 radical (unpaired) electrons. The number of nitrogens with zero attached hydrogens (tertiary/aromatic N) is 5. The van der Waals surface area contributed by atoms with Crippen molar-refractivity contribution in [2.24, 2.45) is 7.05 Å². The Morgan fingerprint density at radius 3 is 2.54 bits per heavy atom. The van der Waals surface area contributed by atoms with Gasteiger partial charge in [-0.25, -0.2) is 0 Å². The Kier molecular flexibility index (Phi) is 6.31. The van der Waals surface area contributed by atoms with E-state index in [9.17, 15) is 10.1 Å². The first kappa shape index (κ1) is 20.7. The van der Waals surface area contributed by atoms with Gasteiger partial charge in [0.25, 0.3) is 0 Å². The summed E-state index contributed by atoms with van der Waals surface area (Å²) in [5.41, 5.74) is 0.228. The number of rotatable bonds is 5. The number of nitriles is 1. The van der Waals surface area contributed by atoms with Crippen LogP contribution in [-0.4, -0.2) is 43.4 Å². The van der Waals surface area contributed by atoms with Gasteiger partial charge in [0.15, 0.2) is 11.0 Å². The number of benzene rings is 1. The molecule has 1 fully saturated rings. The number of hydrogen-bond donors (Lipinski definition) is 0. The van der Waals surface area contributed by atoms with Crippen LogP contribution in [0.3, 0.4) is 0 Å². The normalized spacial score (nSPS) is 17.0. The molecule has 28 heavy (non-hydrogen) atoms. The highest BCUT2D eigenvalue weighted by Gasteiger charge is 2.40. The summed E-state index contributed by atoms with van der Waals surface area (Å²) in [7, 11) is 3.63. The van der Waals surface area contributed by atoms with Crippen LogP contribution in [0.2, 0.25) is 5.02 Å². The smallest absolute Gasteiger partial charge is 0.236 e. The molecule has 1 aromatic carbocycles. The van der Waals surface area contributed by atoms with Crippen LogP contribution < -0.4 is 0 Å². The average Bonchev–Trinajstić information content (AvgIpc) is 3.08. The van der Waals surface area contributed by atoms with Crippen LogP contribution in [0.15, 0.2) is 29.4 Å². The molecule has 1 atom stereocenters. The Bertz CT molecular complexity index is 883. The Morgan fingerprint density at radius 2 is 1.93 bits per heavy atom. The predicted molar refractivity (Wildman–Crippen MR) is 111 cm³/mol. The van der Waals surface area contributed by atoms with Gasteiger partial charge in [0.1, 0.15) is 5.54 Å². The topological polar surface area (TPSA) is 74.8 Å². The second-order valence-electron chi connectivity index (χ2n) is 7.23. The standard InChI is InChI=1S/C20H24ClN5OS/c1-14(18(27)26(3)20(13-22)11-5-4-6-12-20)28-19-24-23-17(25(19)2)15-7-9-16(21)10-8-15/h7-10,14H,4-6,11-12H2,1-3H3/t14-/m0/s1. The summed E-state index contributed by atoms with van der Waals surface area (Å²) in [5, 5.41) is 19.2. The van der Waals surface area contributed by atoms with Crippen molar-refractivity contribution < 1.29 is 4.79 Å². The first-order valence-electron chi connectivity index (χ1n) is 9.39. The second kappa shape index (κ2) is 8.54. The van der Waals surface area contributed by atoms with Crippen molar-refractivity contribution in [1.29, 1.82) is 5.26 Å². The molecule has 0 unspecified atom stereocenters. The fourth-order valence-corrected chi connectivity index (χ4v) is 4.65. The van der Waals surface area contributed by atoms with Crippen LogP contribution >= 0.6 is 23.4 Å². The fraction of sp³-hybridized carbons (Fsp3) is 0.500. The molecule has 0 spiro atoms. The third-order valence-electron chi connectivity index (χ3n) is 5.43. The van der Waals surface area contributed by atoms with E-state index in [1.807, 2.05) is 42.8 Å². The maximum Gasteiger partial charge on any atom is 0.236 e. The predicted octanol–water partition coefficient (Wildman–Crippen LogP) is 4.30. The number of hydrogen-bond acceptors (Lipinski definition) is 5. The van der Waals surface area contributed by atoms with Gasteiger partial charge in [-0.3, -0.25) is 4.79 Å². The van der Waals surface area contributed by atoms with Gasteiger partial charge in [-0.05, 0) is 44.0 Å². The minimum Gasteiger partial charge on any atom is -0.326 e. The van der Waals surface area contributed by atoms with E-state index in [1.165, 1.54) is 11.8 Å². The lowest BCUT2D eigenvalue weighted by molar-refractivity contribution is -0.133. The largest absolute Gasteiger partial charge is 0.326 e. The summed E-state index contributed by atoms with van der Waals surface area (Å²) in [5.74, 6) is 0.664. The van der Waals surface area contributed by atoms with E-state index < -0.39 is 5.54 Å². The molecule has 0 saturated heterocycles. The van der Waals surface area contributed by atoms with Crippen molar-refractivity contribution in [1.82, 2.24) is 19.7 Å². The second-order valence-corrected chi connectivity index (χ2v) is 8.98. The van der Waals surface area contributed by atoms with E-state index in [0.29, 0.717) is 16.0 Å². The zero-order valence-electron chi connectivity index (χ0n) is 16.4. The molecule has 1 heterocycles. The van der Waals surface area contributed by atoms with Crippen LogP contribution in [0.25, 0.3) is 11.4 Å². The summed E-state index contributed by atoms with van der Waals surface area (Å²) >= 11 is 7.31. The van der Waals surface area contributed by atoms with Gasteiger partial charge in [0, 0.05) is 24.7 Å². The van der Waals surface area contributed by atoms with E-state index >= 15 is 0 Å². The third kappa shape index (κ3) is 4.03. The Morgan fingerprint density at radius 1 is 1.29 bits per heavy atom. The fourth-order valence-electron chi connectivity index (χ4n) is 3.62. The zero-order chi connectivity index (χ0) is 20.3. The monoisotopic (exact) mass is 417 g/mol. The lowest BCUT2D eigenvalue weighted by atomic mass is 9.81. The third-order valence-corrected chi connectivity index (χ3v) is 6.80. The van der Waals surface area contributed by atoms with Crippen LogP contribution in [-0.2, 0) is 11.8 Å². The lowest BCUT2D eigenvalue weighted by Gasteiger charge is -2.40. The minimum atomic E-state index is -0.682. The average molecular weight is 418 g/mol. The number of carbonyl (C=O) groups excluding carboxylic acids is 1. The molecule has 1 aliphatic rings. The van der Waals surface area contributed by atoms with E-state index in [1.54, 1.807) is 11.9 Å². The number of halogens is 1. The van der Waals surface area contributed by atoms with Crippen molar-refractivity contribution in [3.63, 3.8) is 0 Å².